The van der Waals surface area contributed by atoms with Crippen LogP contribution < -0.4 is 4.74 Å². The topological polar surface area (TPSA) is 33.0 Å². The highest BCUT2D eigenvalue weighted by molar-refractivity contribution is 5.46. The molecule has 0 aromatic heterocycles. The molecule has 1 aromatic rings. The van der Waals surface area contributed by atoms with Crippen molar-refractivity contribution in [1.82, 2.24) is 0 Å². The summed E-state index contributed by atoms with van der Waals surface area (Å²) in [5.41, 5.74) is 0.839. The van der Waals surface area contributed by atoms with Crippen LogP contribution in [0.1, 0.15) is 37.7 Å². The Labute approximate surface area is 102 Å². The second kappa shape index (κ2) is 4.07. The summed E-state index contributed by atoms with van der Waals surface area (Å²) in [4.78, 5) is 0. The summed E-state index contributed by atoms with van der Waals surface area (Å²) in [5, 5.41) is 9.74. The summed E-state index contributed by atoms with van der Waals surface area (Å²) < 4.78 is 5.69. The van der Waals surface area contributed by atoms with Gasteiger partial charge < -0.3 is 4.74 Å². The number of hydrogen-bond donors (Lipinski definition) is 0. The molecule has 2 heteroatoms. The monoisotopic (exact) mass is 227 g/mol. The van der Waals surface area contributed by atoms with Crippen LogP contribution in [0.3, 0.4) is 0 Å². The summed E-state index contributed by atoms with van der Waals surface area (Å²) in [6.45, 7) is 0.682. The summed E-state index contributed by atoms with van der Waals surface area (Å²) >= 11 is 0. The van der Waals surface area contributed by atoms with E-state index in [4.69, 9.17) is 4.74 Å². The van der Waals surface area contributed by atoms with Gasteiger partial charge in [0.15, 0.2) is 0 Å². The minimum Gasteiger partial charge on any atom is -0.493 e. The lowest BCUT2D eigenvalue weighted by Crippen LogP contribution is -2.37. The average Bonchev–Trinajstić information content (AvgIpc) is 2.92. The Morgan fingerprint density at radius 3 is 2.76 bits per heavy atom. The summed E-state index contributed by atoms with van der Waals surface area (Å²) in [6.07, 6.45) is 5.79. The van der Waals surface area contributed by atoms with E-state index in [0.717, 1.165) is 17.7 Å². The van der Waals surface area contributed by atoms with E-state index in [-0.39, 0.29) is 5.41 Å². The normalized spacial score (nSPS) is 28.2. The third-order valence-electron chi connectivity index (χ3n) is 4.37. The third-order valence-corrected chi connectivity index (χ3v) is 4.37. The van der Waals surface area contributed by atoms with Crippen LogP contribution in [0.2, 0.25) is 0 Å². The molecule has 2 nitrogen and oxygen atoms in total. The van der Waals surface area contributed by atoms with Gasteiger partial charge in [0.1, 0.15) is 5.75 Å². The summed E-state index contributed by atoms with van der Waals surface area (Å²) in [6, 6.07) is 10.7. The molecular formula is C15H17NO. The number of nitrogens with zero attached hydrogens (tertiary/aromatic N) is 1. The first-order valence-electron chi connectivity index (χ1n) is 6.50. The maximum absolute atomic E-state index is 9.74. The van der Waals surface area contributed by atoms with Gasteiger partial charge in [-0.2, -0.15) is 5.26 Å². The first-order chi connectivity index (χ1) is 8.37. The van der Waals surface area contributed by atoms with E-state index in [1.165, 1.54) is 25.7 Å². The number of rotatable bonds is 1. The molecule has 1 saturated carbocycles. The lowest BCUT2D eigenvalue weighted by Gasteiger charge is -2.37. The minimum absolute atomic E-state index is 0.286. The van der Waals surface area contributed by atoms with Crippen molar-refractivity contribution in [1.29, 1.82) is 5.26 Å². The van der Waals surface area contributed by atoms with Gasteiger partial charge >= 0.3 is 0 Å². The zero-order valence-electron chi connectivity index (χ0n) is 9.98. The van der Waals surface area contributed by atoms with E-state index < -0.39 is 0 Å². The Bertz CT molecular complexity index is 456. The molecule has 1 aliphatic carbocycles. The first-order valence-corrected chi connectivity index (χ1v) is 6.50. The second-order valence-electron chi connectivity index (χ2n) is 5.16. The molecule has 88 valence electrons. The van der Waals surface area contributed by atoms with Gasteiger partial charge in [0.05, 0.1) is 18.1 Å². The molecule has 17 heavy (non-hydrogen) atoms. The Kier molecular flexibility index (Phi) is 2.55. The van der Waals surface area contributed by atoms with Gasteiger partial charge in [-0.1, -0.05) is 31.0 Å². The lowest BCUT2D eigenvalue weighted by atomic mass is 9.67. The molecule has 0 radical (unpaired) electrons. The summed E-state index contributed by atoms with van der Waals surface area (Å²) in [7, 11) is 0. The SMILES string of the molecule is N#CC1(C2CCCC2)CCOc2ccccc21. The molecule has 0 amide bonds. The van der Waals surface area contributed by atoms with Crippen LogP contribution in [0.5, 0.6) is 5.75 Å². The van der Waals surface area contributed by atoms with E-state index in [1.807, 2.05) is 18.2 Å². The highest BCUT2D eigenvalue weighted by Gasteiger charge is 2.45. The van der Waals surface area contributed by atoms with Crippen LogP contribution >= 0.6 is 0 Å². The van der Waals surface area contributed by atoms with Crippen LogP contribution in [-0.2, 0) is 5.41 Å². The Morgan fingerprint density at radius 2 is 2.00 bits per heavy atom. The zero-order valence-corrected chi connectivity index (χ0v) is 9.98. The van der Waals surface area contributed by atoms with Gasteiger partial charge in [-0.25, -0.2) is 0 Å². The van der Waals surface area contributed by atoms with Gasteiger partial charge in [0.2, 0.25) is 0 Å². The number of hydrogen-bond acceptors (Lipinski definition) is 2. The molecule has 1 aromatic carbocycles. The molecule has 3 rings (SSSR count). The fourth-order valence-corrected chi connectivity index (χ4v) is 3.47. The molecule has 0 N–H and O–H groups in total. The zero-order chi connectivity index (χ0) is 11.7. The van der Waals surface area contributed by atoms with Crippen LogP contribution in [0.4, 0.5) is 0 Å². The van der Waals surface area contributed by atoms with Crippen molar-refractivity contribution in [3.05, 3.63) is 29.8 Å². The number of ether oxygens (including phenoxy) is 1. The molecule has 0 saturated heterocycles. The maximum atomic E-state index is 9.74. The molecule has 1 heterocycles. The van der Waals surface area contributed by atoms with Gasteiger partial charge in [-0.05, 0) is 24.8 Å². The molecule has 1 unspecified atom stereocenters. The maximum Gasteiger partial charge on any atom is 0.124 e. The van der Waals surface area contributed by atoms with Crippen LogP contribution in [0.15, 0.2) is 24.3 Å². The van der Waals surface area contributed by atoms with Crippen molar-refractivity contribution in [3.8, 4) is 11.8 Å². The lowest BCUT2D eigenvalue weighted by molar-refractivity contribution is 0.199. The van der Waals surface area contributed by atoms with Crippen LogP contribution in [0, 0.1) is 17.2 Å². The van der Waals surface area contributed by atoms with Gasteiger partial charge in [0.25, 0.3) is 0 Å². The predicted molar refractivity (Wildman–Crippen MR) is 65.8 cm³/mol. The van der Waals surface area contributed by atoms with Crippen LogP contribution in [0.25, 0.3) is 0 Å². The average molecular weight is 227 g/mol. The van der Waals surface area contributed by atoms with Crippen LogP contribution in [-0.4, -0.2) is 6.61 Å². The molecule has 1 fully saturated rings. The fourth-order valence-electron chi connectivity index (χ4n) is 3.47. The molecule has 1 aliphatic heterocycles. The first kappa shape index (κ1) is 10.7. The van der Waals surface area contributed by atoms with Crippen molar-refractivity contribution in [2.75, 3.05) is 6.61 Å². The highest BCUT2D eigenvalue weighted by atomic mass is 16.5. The van der Waals surface area contributed by atoms with E-state index >= 15 is 0 Å². The number of benzene rings is 1. The standard InChI is InChI=1S/C15H17NO/c16-11-15(12-5-1-2-6-12)9-10-17-14-8-4-3-7-13(14)15/h3-4,7-8,12H,1-2,5-6,9-10H2. The molecule has 2 aliphatic rings. The quantitative estimate of drug-likeness (QED) is 0.736. The van der Waals surface area contributed by atoms with Crippen molar-refractivity contribution in [2.24, 2.45) is 5.92 Å². The largest absolute Gasteiger partial charge is 0.493 e. The highest BCUT2D eigenvalue weighted by Crippen LogP contribution is 2.49. The minimum atomic E-state index is -0.286. The van der Waals surface area contributed by atoms with Crippen molar-refractivity contribution < 1.29 is 4.74 Å². The van der Waals surface area contributed by atoms with E-state index in [9.17, 15) is 5.26 Å². The van der Waals surface area contributed by atoms with Gasteiger partial charge in [-0.3, -0.25) is 0 Å². The number of nitriles is 1. The smallest absolute Gasteiger partial charge is 0.124 e. The van der Waals surface area contributed by atoms with E-state index in [2.05, 4.69) is 12.1 Å². The number of para-hydroxylation sites is 1. The predicted octanol–water partition coefficient (Wildman–Crippen LogP) is 3.42. The van der Waals surface area contributed by atoms with E-state index in [1.54, 1.807) is 0 Å². The Hall–Kier alpha value is -1.49. The van der Waals surface area contributed by atoms with Crippen molar-refractivity contribution >= 4 is 0 Å². The van der Waals surface area contributed by atoms with Crippen molar-refractivity contribution in [2.45, 2.75) is 37.5 Å². The molecule has 0 bridgehead atoms. The molecule has 1 atom stereocenters. The fraction of sp³-hybridized carbons (Fsp3) is 0.533. The number of fused-ring (bicyclic) bond motifs is 1. The molecular weight excluding hydrogens is 210 g/mol. The van der Waals surface area contributed by atoms with Gasteiger partial charge in [-0.15, -0.1) is 0 Å². The third kappa shape index (κ3) is 1.53. The van der Waals surface area contributed by atoms with E-state index in [0.29, 0.717) is 12.5 Å². The summed E-state index contributed by atoms with van der Waals surface area (Å²) in [5.74, 6) is 1.45. The Morgan fingerprint density at radius 1 is 1.24 bits per heavy atom. The second-order valence-corrected chi connectivity index (χ2v) is 5.16. The Balaban J connectivity index is 2.09. The van der Waals surface area contributed by atoms with Gasteiger partial charge in [0, 0.05) is 12.0 Å². The van der Waals surface area contributed by atoms with Crippen molar-refractivity contribution in [3.63, 3.8) is 0 Å². The molecule has 0 spiro atoms.